The molecule has 0 spiro atoms. The fraction of sp³-hybridized carbons (Fsp3) is 0.333. The number of carbonyl (C=O) groups excluding carboxylic acids is 1. The smallest absolute Gasteiger partial charge is 0.411 e. The summed E-state index contributed by atoms with van der Waals surface area (Å²) >= 11 is 0. The molecular weight excluding hydrogens is 378 g/mol. The van der Waals surface area contributed by atoms with Crippen LogP contribution in [0.3, 0.4) is 0 Å². The number of aliphatic carboxylic acids is 1. The monoisotopic (exact) mass is 401 g/mol. The van der Waals surface area contributed by atoms with E-state index in [1.165, 1.54) is 0 Å². The van der Waals surface area contributed by atoms with Crippen molar-refractivity contribution in [3.8, 4) is 11.5 Å². The molecule has 0 bridgehead atoms. The van der Waals surface area contributed by atoms with Crippen LogP contribution in [-0.2, 0) is 27.3 Å². The highest BCUT2D eigenvalue weighted by atomic mass is 16.7. The minimum atomic E-state index is -0.994. The summed E-state index contributed by atoms with van der Waals surface area (Å²) in [5.41, 5.74) is 2.15. The summed E-state index contributed by atoms with van der Waals surface area (Å²) in [4.78, 5) is 23.3. The van der Waals surface area contributed by atoms with Gasteiger partial charge in [-0.15, -0.1) is 0 Å². The van der Waals surface area contributed by atoms with E-state index in [-0.39, 0.29) is 25.9 Å². The maximum atomic E-state index is 12.0. The summed E-state index contributed by atoms with van der Waals surface area (Å²) in [7, 11) is 0. The number of carboxylic acid groups (broad SMARTS) is 1. The number of rotatable bonds is 8. The molecule has 1 atom stereocenters. The van der Waals surface area contributed by atoms with E-state index >= 15 is 0 Å². The van der Waals surface area contributed by atoms with Crippen LogP contribution in [0.15, 0.2) is 42.5 Å². The molecule has 0 fully saturated rings. The van der Waals surface area contributed by atoms with Gasteiger partial charge in [0.2, 0.25) is 6.79 Å². The minimum absolute atomic E-state index is 0.0848. The molecule has 1 amide bonds. The number of fused-ring (bicyclic) bond motifs is 1. The summed E-state index contributed by atoms with van der Waals surface area (Å²) in [5.74, 6) is 0.207. The van der Waals surface area contributed by atoms with Gasteiger partial charge in [0.25, 0.3) is 0 Å². The van der Waals surface area contributed by atoms with Gasteiger partial charge in [-0.25, -0.2) is 9.59 Å². The van der Waals surface area contributed by atoms with E-state index in [9.17, 15) is 14.7 Å². The van der Waals surface area contributed by atoms with E-state index in [0.717, 1.165) is 11.1 Å². The predicted molar refractivity (Wildman–Crippen MR) is 104 cm³/mol. The molecule has 0 saturated carbocycles. The van der Waals surface area contributed by atoms with Gasteiger partial charge < -0.3 is 24.1 Å². The van der Waals surface area contributed by atoms with Crippen LogP contribution in [0.2, 0.25) is 0 Å². The Hall–Kier alpha value is -3.26. The Bertz CT molecular complexity index is 864. The Kier molecular flexibility index (Phi) is 6.56. The maximum absolute atomic E-state index is 12.0. The number of anilines is 1. The Balaban J connectivity index is 1.49. The Morgan fingerprint density at radius 1 is 1.07 bits per heavy atom. The lowest BCUT2D eigenvalue weighted by Crippen LogP contribution is -2.29. The molecule has 0 aliphatic carbocycles. The third-order valence-electron chi connectivity index (χ3n) is 4.14. The standard InChI is InChI=1S/C21H23NO7/c1-13(2)29-19(20(23)24)9-14-3-5-15(6-4-14)11-26-21(25)22-16-7-8-17-18(10-16)28-12-27-17/h3-8,10,13,19H,9,11-12H2,1-2H3,(H,22,25)(H,23,24). The molecule has 2 aromatic rings. The summed E-state index contributed by atoms with van der Waals surface area (Å²) < 4.78 is 21.1. The summed E-state index contributed by atoms with van der Waals surface area (Å²) in [5, 5.41) is 11.9. The van der Waals surface area contributed by atoms with E-state index in [1.54, 1.807) is 56.3 Å². The van der Waals surface area contributed by atoms with Gasteiger partial charge in [-0.2, -0.15) is 0 Å². The lowest BCUT2D eigenvalue weighted by molar-refractivity contribution is -0.153. The summed E-state index contributed by atoms with van der Waals surface area (Å²) in [6.07, 6.45) is -1.40. The van der Waals surface area contributed by atoms with E-state index < -0.39 is 18.2 Å². The SMILES string of the molecule is CC(C)OC(Cc1ccc(COC(=O)Nc2ccc3c(c2)OCO3)cc1)C(=O)O. The molecule has 1 aliphatic rings. The lowest BCUT2D eigenvalue weighted by atomic mass is 10.1. The van der Waals surface area contributed by atoms with Crippen LogP contribution in [-0.4, -0.2) is 36.2 Å². The highest BCUT2D eigenvalue weighted by Gasteiger charge is 2.20. The van der Waals surface area contributed by atoms with Gasteiger partial charge in [0.15, 0.2) is 17.6 Å². The second kappa shape index (κ2) is 9.29. The molecule has 1 heterocycles. The van der Waals surface area contributed by atoms with E-state index in [4.69, 9.17) is 18.9 Å². The highest BCUT2D eigenvalue weighted by molar-refractivity contribution is 5.85. The van der Waals surface area contributed by atoms with Crippen LogP contribution in [0.4, 0.5) is 10.5 Å². The fourth-order valence-corrected chi connectivity index (χ4v) is 2.78. The van der Waals surface area contributed by atoms with Gasteiger partial charge in [-0.1, -0.05) is 24.3 Å². The zero-order valence-electron chi connectivity index (χ0n) is 16.2. The second-order valence-corrected chi connectivity index (χ2v) is 6.80. The van der Waals surface area contributed by atoms with E-state index in [0.29, 0.717) is 17.2 Å². The summed E-state index contributed by atoms with van der Waals surface area (Å²) in [6.45, 7) is 3.84. The second-order valence-electron chi connectivity index (χ2n) is 6.80. The molecule has 0 saturated heterocycles. The Morgan fingerprint density at radius 2 is 1.76 bits per heavy atom. The first kappa shape index (κ1) is 20.5. The number of hydrogen-bond acceptors (Lipinski definition) is 6. The highest BCUT2D eigenvalue weighted by Crippen LogP contribution is 2.34. The van der Waals surface area contributed by atoms with Crippen molar-refractivity contribution in [1.29, 1.82) is 0 Å². The zero-order valence-corrected chi connectivity index (χ0v) is 16.2. The fourth-order valence-electron chi connectivity index (χ4n) is 2.78. The number of hydrogen-bond donors (Lipinski definition) is 2. The van der Waals surface area contributed by atoms with Gasteiger partial charge in [-0.3, -0.25) is 5.32 Å². The van der Waals surface area contributed by atoms with Gasteiger partial charge in [0, 0.05) is 18.2 Å². The van der Waals surface area contributed by atoms with Crippen LogP contribution >= 0.6 is 0 Å². The van der Waals surface area contributed by atoms with Gasteiger partial charge in [0.05, 0.1) is 6.10 Å². The molecule has 8 heteroatoms. The van der Waals surface area contributed by atoms with Crippen LogP contribution in [0.1, 0.15) is 25.0 Å². The summed E-state index contributed by atoms with van der Waals surface area (Å²) in [6, 6.07) is 12.2. The minimum Gasteiger partial charge on any atom is -0.479 e. The number of amides is 1. The normalized spacial score (nSPS) is 13.2. The molecule has 0 radical (unpaired) electrons. The largest absolute Gasteiger partial charge is 0.479 e. The molecular formula is C21H23NO7. The van der Waals surface area contributed by atoms with Gasteiger partial charge in [0.1, 0.15) is 6.61 Å². The first-order chi connectivity index (χ1) is 13.9. The number of benzene rings is 2. The van der Waals surface area contributed by atoms with Crippen molar-refractivity contribution in [1.82, 2.24) is 0 Å². The van der Waals surface area contributed by atoms with Crippen molar-refractivity contribution in [3.05, 3.63) is 53.6 Å². The van der Waals surface area contributed by atoms with E-state index in [1.807, 2.05) is 0 Å². The van der Waals surface area contributed by atoms with Crippen molar-refractivity contribution in [3.63, 3.8) is 0 Å². The molecule has 154 valence electrons. The van der Waals surface area contributed by atoms with Crippen LogP contribution in [0.25, 0.3) is 0 Å². The average molecular weight is 401 g/mol. The topological polar surface area (TPSA) is 103 Å². The third-order valence-corrected chi connectivity index (χ3v) is 4.14. The van der Waals surface area contributed by atoms with Crippen LogP contribution in [0, 0.1) is 0 Å². The molecule has 29 heavy (non-hydrogen) atoms. The first-order valence-electron chi connectivity index (χ1n) is 9.20. The van der Waals surface area contributed by atoms with Crippen molar-refractivity contribution in [2.45, 2.75) is 39.1 Å². The number of carboxylic acids is 1. The van der Waals surface area contributed by atoms with Crippen molar-refractivity contribution < 1.29 is 33.6 Å². The number of carbonyl (C=O) groups is 2. The molecule has 3 rings (SSSR count). The van der Waals surface area contributed by atoms with Crippen molar-refractivity contribution in [2.75, 3.05) is 12.1 Å². The Morgan fingerprint density at radius 3 is 2.45 bits per heavy atom. The molecule has 0 aromatic heterocycles. The Labute approximate surface area is 168 Å². The predicted octanol–water partition coefficient (Wildman–Crippen LogP) is 3.58. The van der Waals surface area contributed by atoms with Crippen LogP contribution < -0.4 is 14.8 Å². The molecule has 2 N–H and O–H groups in total. The van der Waals surface area contributed by atoms with Crippen molar-refractivity contribution >= 4 is 17.7 Å². The molecule has 2 aromatic carbocycles. The molecule has 1 aliphatic heterocycles. The van der Waals surface area contributed by atoms with Gasteiger partial charge >= 0.3 is 12.1 Å². The third kappa shape index (κ3) is 5.86. The van der Waals surface area contributed by atoms with E-state index in [2.05, 4.69) is 5.32 Å². The number of ether oxygens (including phenoxy) is 4. The molecule has 8 nitrogen and oxygen atoms in total. The maximum Gasteiger partial charge on any atom is 0.411 e. The first-order valence-corrected chi connectivity index (χ1v) is 9.20. The average Bonchev–Trinajstić information content (AvgIpc) is 3.14. The van der Waals surface area contributed by atoms with Crippen molar-refractivity contribution in [2.24, 2.45) is 0 Å². The van der Waals surface area contributed by atoms with Gasteiger partial charge in [-0.05, 0) is 37.1 Å². The van der Waals surface area contributed by atoms with Crippen LogP contribution in [0.5, 0.6) is 11.5 Å². The zero-order chi connectivity index (χ0) is 20.8. The lowest BCUT2D eigenvalue weighted by Gasteiger charge is -2.16. The quantitative estimate of drug-likeness (QED) is 0.697. The molecule has 1 unspecified atom stereocenters. The number of nitrogens with one attached hydrogen (secondary N) is 1.